The van der Waals surface area contributed by atoms with Crippen molar-refractivity contribution >= 4 is 12.1 Å². The highest BCUT2D eigenvalue weighted by atomic mass is 16.6. The quantitative estimate of drug-likeness (QED) is 0.0904. The third kappa shape index (κ3) is 19.9. The number of ether oxygens (including phenoxy) is 2. The van der Waals surface area contributed by atoms with E-state index >= 15 is 0 Å². The Hall–Kier alpha value is -1.26. The summed E-state index contributed by atoms with van der Waals surface area (Å²) in [5, 5.41) is 0. The maximum atomic E-state index is 12.3. The number of carbonyl (C=O) groups excluding carboxylic acids is 2. The zero-order valence-electron chi connectivity index (χ0n) is 24.8. The van der Waals surface area contributed by atoms with Gasteiger partial charge < -0.3 is 9.47 Å². The van der Waals surface area contributed by atoms with E-state index in [2.05, 4.69) is 20.8 Å². The molecule has 1 amide bonds. The third-order valence-corrected chi connectivity index (χ3v) is 7.44. The molecule has 214 valence electrons. The molecule has 0 radical (unpaired) electrons. The summed E-state index contributed by atoms with van der Waals surface area (Å²) in [5.41, 5.74) is 0. The van der Waals surface area contributed by atoms with Crippen LogP contribution in [0.4, 0.5) is 4.79 Å². The van der Waals surface area contributed by atoms with Gasteiger partial charge in [-0.05, 0) is 25.7 Å². The van der Waals surface area contributed by atoms with Crippen LogP contribution < -0.4 is 0 Å². The van der Waals surface area contributed by atoms with Gasteiger partial charge in [0.25, 0.3) is 0 Å². The Morgan fingerprint density at radius 2 is 1.08 bits per heavy atom. The van der Waals surface area contributed by atoms with Gasteiger partial charge in [-0.2, -0.15) is 0 Å². The molecular formula is C31H61NO4. The second-order valence-corrected chi connectivity index (χ2v) is 10.8. The molecule has 36 heavy (non-hydrogen) atoms. The zero-order chi connectivity index (χ0) is 26.9. The lowest BCUT2D eigenvalue weighted by atomic mass is 10.0. The van der Waals surface area contributed by atoms with Gasteiger partial charge in [-0.1, -0.05) is 136 Å². The summed E-state index contributed by atoms with van der Waals surface area (Å²) in [6.45, 7) is 9.11. The van der Waals surface area contributed by atoms with Crippen molar-refractivity contribution in [3.05, 3.63) is 0 Å². The summed E-state index contributed by atoms with van der Waals surface area (Å²) in [5.74, 6) is 0.0351. The van der Waals surface area contributed by atoms with E-state index in [1.807, 2.05) is 0 Å². The van der Waals surface area contributed by atoms with E-state index in [9.17, 15) is 9.59 Å². The van der Waals surface area contributed by atoms with E-state index in [0.717, 1.165) is 38.5 Å². The predicted octanol–water partition coefficient (Wildman–Crippen LogP) is 9.46. The molecule has 0 aromatic heterocycles. The van der Waals surface area contributed by atoms with Crippen LogP contribution in [0.3, 0.4) is 0 Å². The van der Waals surface area contributed by atoms with Gasteiger partial charge in [0.1, 0.15) is 6.04 Å². The number of hydrogen-bond donors (Lipinski definition) is 0. The van der Waals surface area contributed by atoms with Gasteiger partial charge in [0.05, 0.1) is 13.2 Å². The first-order valence-electron chi connectivity index (χ1n) is 15.5. The molecule has 2 unspecified atom stereocenters. The first kappa shape index (κ1) is 34.7. The van der Waals surface area contributed by atoms with Crippen LogP contribution in [-0.2, 0) is 14.3 Å². The number of esters is 1. The average molecular weight is 512 g/mol. The number of unbranched alkanes of at least 4 members (excludes halogenated alkanes) is 16. The van der Waals surface area contributed by atoms with Crippen LogP contribution in [0.15, 0.2) is 0 Å². The minimum atomic E-state index is -0.630. The number of hydrogen-bond acceptors (Lipinski definition) is 4. The molecule has 0 bridgehead atoms. The van der Waals surface area contributed by atoms with Gasteiger partial charge in [0.2, 0.25) is 0 Å². The number of likely N-dealkylation sites (N-methyl/N-ethyl adjacent to an activating group) is 1. The third-order valence-electron chi connectivity index (χ3n) is 7.44. The minimum Gasteiger partial charge on any atom is -0.464 e. The van der Waals surface area contributed by atoms with Crippen molar-refractivity contribution in [2.24, 2.45) is 5.92 Å². The fraction of sp³-hybridized carbons (Fsp3) is 0.935. The van der Waals surface area contributed by atoms with E-state index < -0.39 is 12.1 Å². The molecule has 0 fully saturated rings. The Balaban J connectivity index is 3.64. The second kappa shape index (κ2) is 25.4. The van der Waals surface area contributed by atoms with Crippen LogP contribution in [-0.4, -0.2) is 43.3 Å². The van der Waals surface area contributed by atoms with Crippen LogP contribution in [0.1, 0.15) is 156 Å². The maximum Gasteiger partial charge on any atom is 0.410 e. The monoisotopic (exact) mass is 511 g/mol. The van der Waals surface area contributed by atoms with Crippen LogP contribution in [0.25, 0.3) is 0 Å². The second-order valence-electron chi connectivity index (χ2n) is 10.8. The van der Waals surface area contributed by atoms with Crippen molar-refractivity contribution in [3.63, 3.8) is 0 Å². The molecule has 0 N–H and O–H groups in total. The molecule has 0 rings (SSSR count). The fourth-order valence-corrected chi connectivity index (χ4v) is 4.45. The Morgan fingerprint density at radius 3 is 1.53 bits per heavy atom. The lowest BCUT2D eigenvalue weighted by Crippen LogP contribution is -2.42. The van der Waals surface area contributed by atoms with Gasteiger partial charge in [-0.3, -0.25) is 4.90 Å². The Labute approximate surface area is 224 Å². The van der Waals surface area contributed by atoms with Crippen molar-refractivity contribution in [1.29, 1.82) is 0 Å². The standard InChI is InChI=1S/C31H61NO4/c1-6-9-11-12-13-14-15-16-17-18-19-20-21-22-23-24-26-35-30(33)28(4)32(5)31(34)36-27-29(8-3)25-10-7-2/h28-29H,6-27H2,1-5H3. The molecule has 0 spiro atoms. The molecule has 5 heteroatoms. The molecule has 5 nitrogen and oxygen atoms in total. The van der Waals surface area contributed by atoms with Crippen LogP contribution in [0.5, 0.6) is 0 Å². The minimum absolute atomic E-state index is 0.353. The van der Waals surface area contributed by atoms with Crippen LogP contribution >= 0.6 is 0 Å². The van der Waals surface area contributed by atoms with E-state index in [1.54, 1.807) is 14.0 Å². The predicted molar refractivity (Wildman–Crippen MR) is 152 cm³/mol. The summed E-state index contributed by atoms with van der Waals surface area (Å²) >= 11 is 0. The Kier molecular flexibility index (Phi) is 24.5. The lowest BCUT2D eigenvalue weighted by molar-refractivity contribution is -0.148. The topological polar surface area (TPSA) is 55.8 Å². The average Bonchev–Trinajstić information content (AvgIpc) is 2.89. The van der Waals surface area contributed by atoms with E-state index in [1.165, 1.54) is 94.8 Å². The highest BCUT2D eigenvalue weighted by Crippen LogP contribution is 2.15. The Morgan fingerprint density at radius 1 is 0.639 bits per heavy atom. The SMILES string of the molecule is CCCCCCCCCCCCCCCCCCOC(=O)C(C)N(C)C(=O)OCC(CC)CCCC. The molecule has 0 saturated carbocycles. The molecule has 0 aliphatic rings. The summed E-state index contributed by atoms with van der Waals surface area (Å²) in [7, 11) is 1.61. The van der Waals surface area contributed by atoms with Crippen LogP contribution in [0.2, 0.25) is 0 Å². The van der Waals surface area contributed by atoms with Crippen molar-refractivity contribution in [2.45, 2.75) is 162 Å². The fourth-order valence-electron chi connectivity index (χ4n) is 4.45. The normalized spacial score (nSPS) is 12.8. The maximum absolute atomic E-state index is 12.3. The smallest absolute Gasteiger partial charge is 0.410 e. The molecule has 0 aromatic rings. The van der Waals surface area contributed by atoms with Gasteiger partial charge in [0.15, 0.2) is 0 Å². The first-order valence-corrected chi connectivity index (χ1v) is 15.5. The zero-order valence-corrected chi connectivity index (χ0v) is 24.8. The molecule has 0 saturated heterocycles. The summed E-state index contributed by atoms with van der Waals surface area (Å²) < 4.78 is 10.8. The lowest BCUT2D eigenvalue weighted by Gasteiger charge is -2.24. The largest absolute Gasteiger partial charge is 0.464 e. The van der Waals surface area contributed by atoms with Gasteiger partial charge in [-0.15, -0.1) is 0 Å². The van der Waals surface area contributed by atoms with E-state index in [0.29, 0.717) is 19.1 Å². The van der Waals surface area contributed by atoms with Gasteiger partial charge in [0, 0.05) is 7.05 Å². The number of rotatable bonds is 25. The summed E-state index contributed by atoms with van der Waals surface area (Å²) in [6.07, 6.45) is 25.1. The summed E-state index contributed by atoms with van der Waals surface area (Å²) in [6, 6.07) is -0.630. The number of carbonyl (C=O) groups is 2. The van der Waals surface area contributed by atoms with E-state index in [4.69, 9.17) is 9.47 Å². The number of amides is 1. The van der Waals surface area contributed by atoms with Gasteiger partial charge in [-0.25, -0.2) is 9.59 Å². The van der Waals surface area contributed by atoms with Crippen molar-refractivity contribution in [2.75, 3.05) is 20.3 Å². The van der Waals surface area contributed by atoms with Crippen molar-refractivity contribution in [3.8, 4) is 0 Å². The molecule has 0 aliphatic carbocycles. The van der Waals surface area contributed by atoms with Crippen LogP contribution in [0, 0.1) is 5.92 Å². The van der Waals surface area contributed by atoms with Crippen molar-refractivity contribution < 1.29 is 19.1 Å². The van der Waals surface area contributed by atoms with Gasteiger partial charge >= 0.3 is 12.1 Å². The molecule has 2 atom stereocenters. The first-order chi connectivity index (χ1) is 17.5. The highest BCUT2D eigenvalue weighted by Gasteiger charge is 2.25. The molecule has 0 aliphatic heterocycles. The van der Waals surface area contributed by atoms with Crippen molar-refractivity contribution in [1.82, 2.24) is 4.90 Å². The molecule has 0 aromatic carbocycles. The Bertz CT molecular complexity index is 511. The van der Waals surface area contributed by atoms with E-state index in [-0.39, 0.29) is 5.97 Å². The highest BCUT2D eigenvalue weighted by molar-refractivity contribution is 5.80. The summed E-state index contributed by atoms with van der Waals surface area (Å²) in [4.78, 5) is 26.0. The molecular weight excluding hydrogens is 450 g/mol. The molecule has 0 heterocycles. The number of nitrogens with zero attached hydrogens (tertiary/aromatic N) is 1.